The number of hydrogen-bond acceptors (Lipinski definition) is 5. The summed E-state index contributed by atoms with van der Waals surface area (Å²) in [6.07, 6.45) is 0. The van der Waals surface area contributed by atoms with Gasteiger partial charge < -0.3 is 4.74 Å². The molecule has 0 aliphatic rings. The van der Waals surface area contributed by atoms with Gasteiger partial charge in [-0.05, 0) is 62.7 Å². The second-order valence-electron chi connectivity index (χ2n) is 7.35. The third-order valence-corrected chi connectivity index (χ3v) is 6.62. The first kappa shape index (κ1) is 21.3. The Kier molecular flexibility index (Phi) is 5.98. The number of fused-ring (bicyclic) bond motifs is 1. The molecule has 160 valence electrons. The van der Waals surface area contributed by atoms with Crippen LogP contribution in [0.4, 0.5) is 5.13 Å². The predicted molar refractivity (Wildman–Crippen MR) is 126 cm³/mol. The molecule has 0 N–H and O–H groups in total. The Morgan fingerprint density at radius 3 is 2.71 bits per heavy atom. The van der Waals surface area contributed by atoms with E-state index in [2.05, 4.69) is 5.10 Å². The Morgan fingerprint density at radius 1 is 1.19 bits per heavy atom. The van der Waals surface area contributed by atoms with Gasteiger partial charge in [0.25, 0.3) is 5.91 Å². The fourth-order valence-corrected chi connectivity index (χ4v) is 4.70. The molecule has 8 heteroatoms. The van der Waals surface area contributed by atoms with Crippen molar-refractivity contribution in [3.63, 3.8) is 0 Å². The third kappa shape index (κ3) is 4.29. The van der Waals surface area contributed by atoms with Crippen LogP contribution >= 0.6 is 22.9 Å². The van der Waals surface area contributed by atoms with E-state index in [0.29, 0.717) is 34.6 Å². The molecule has 0 radical (unpaired) electrons. The van der Waals surface area contributed by atoms with Crippen molar-refractivity contribution in [2.24, 2.45) is 0 Å². The van der Waals surface area contributed by atoms with E-state index in [1.54, 1.807) is 24.1 Å². The molecule has 0 unspecified atom stereocenters. The van der Waals surface area contributed by atoms with Crippen molar-refractivity contribution in [1.29, 1.82) is 0 Å². The first-order valence-electron chi connectivity index (χ1n) is 9.90. The van der Waals surface area contributed by atoms with E-state index in [0.717, 1.165) is 27.2 Å². The highest BCUT2D eigenvalue weighted by Crippen LogP contribution is 2.34. The molecule has 0 spiro atoms. The smallest absolute Gasteiger partial charge is 0.260 e. The molecule has 0 fully saturated rings. The van der Waals surface area contributed by atoms with Crippen LogP contribution in [0.15, 0.2) is 42.5 Å². The van der Waals surface area contributed by atoms with Gasteiger partial charge in [0, 0.05) is 22.8 Å². The number of aryl methyl sites for hydroxylation is 3. The number of rotatable bonds is 6. The Balaban J connectivity index is 1.73. The number of carbonyl (C=O) groups excluding carboxylic acids is 1. The summed E-state index contributed by atoms with van der Waals surface area (Å²) >= 11 is 7.77. The van der Waals surface area contributed by atoms with Crippen LogP contribution < -0.4 is 9.64 Å². The van der Waals surface area contributed by atoms with Gasteiger partial charge in [0.05, 0.1) is 29.6 Å². The fourth-order valence-electron chi connectivity index (χ4n) is 3.50. The average molecular weight is 455 g/mol. The highest BCUT2D eigenvalue weighted by molar-refractivity contribution is 7.22. The largest absolute Gasteiger partial charge is 0.497 e. The number of aromatic nitrogens is 3. The van der Waals surface area contributed by atoms with Gasteiger partial charge in [0.15, 0.2) is 5.13 Å². The van der Waals surface area contributed by atoms with Crippen LogP contribution in [0.2, 0.25) is 5.02 Å². The van der Waals surface area contributed by atoms with Crippen LogP contribution in [0.25, 0.3) is 10.2 Å². The lowest BCUT2D eigenvalue weighted by molar-refractivity contribution is 0.0985. The fraction of sp³-hybridized carbons (Fsp3) is 0.261. The second kappa shape index (κ2) is 8.69. The molecular weight excluding hydrogens is 432 g/mol. The maximum atomic E-state index is 13.5. The standard InChI is InChI=1S/C23H23ClN4O2S/c1-14-12-15(2)28(26-14)11-10-27(22(29)17-6-5-7-18(13-17)30-4)23-25-21-16(3)19(24)8-9-20(21)31-23/h5-9,12-13H,10-11H2,1-4H3. The molecule has 31 heavy (non-hydrogen) atoms. The summed E-state index contributed by atoms with van der Waals surface area (Å²) in [4.78, 5) is 20.0. The number of ether oxygens (including phenoxy) is 1. The Labute approximate surface area is 190 Å². The number of amides is 1. The number of anilines is 1. The second-order valence-corrected chi connectivity index (χ2v) is 8.77. The summed E-state index contributed by atoms with van der Waals surface area (Å²) in [5.41, 5.74) is 4.28. The van der Waals surface area contributed by atoms with Crippen LogP contribution in [0.1, 0.15) is 27.3 Å². The number of carbonyl (C=O) groups is 1. The molecule has 2 heterocycles. The molecular formula is C23H23ClN4O2S. The molecule has 0 atom stereocenters. The lowest BCUT2D eigenvalue weighted by atomic mass is 10.2. The van der Waals surface area contributed by atoms with Gasteiger partial charge in [-0.1, -0.05) is 29.0 Å². The van der Waals surface area contributed by atoms with Crippen molar-refractivity contribution in [2.75, 3.05) is 18.6 Å². The van der Waals surface area contributed by atoms with E-state index < -0.39 is 0 Å². The van der Waals surface area contributed by atoms with Crippen LogP contribution in [0.3, 0.4) is 0 Å². The molecule has 0 saturated carbocycles. The van der Waals surface area contributed by atoms with Crippen LogP contribution in [0, 0.1) is 20.8 Å². The van der Waals surface area contributed by atoms with E-state index in [9.17, 15) is 4.79 Å². The molecule has 2 aromatic heterocycles. The van der Waals surface area contributed by atoms with Crippen LogP contribution in [-0.2, 0) is 6.54 Å². The topological polar surface area (TPSA) is 60.2 Å². The van der Waals surface area contributed by atoms with Crippen molar-refractivity contribution in [1.82, 2.24) is 14.8 Å². The predicted octanol–water partition coefficient (Wildman–Crippen LogP) is 5.43. The van der Waals surface area contributed by atoms with Gasteiger partial charge in [-0.3, -0.25) is 14.4 Å². The summed E-state index contributed by atoms with van der Waals surface area (Å²) in [5, 5.41) is 5.83. The first-order chi connectivity index (χ1) is 14.9. The van der Waals surface area contributed by atoms with E-state index in [1.165, 1.54) is 11.3 Å². The number of benzene rings is 2. The van der Waals surface area contributed by atoms with E-state index in [4.69, 9.17) is 21.3 Å². The molecule has 4 aromatic rings. The van der Waals surface area contributed by atoms with Crippen LogP contribution in [-0.4, -0.2) is 34.3 Å². The van der Waals surface area contributed by atoms with Crippen molar-refractivity contribution < 1.29 is 9.53 Å². The average Bonchev–Trinajstić information content (AvgIpc) is 3.33. The van der Waals surface area contributed by atoms with Crippen molar-refractivity contribution >= 4 is 44.2 Å². The molecule has 4 rings (SSSR count). The minimum atomic E-state index is -0.136. The number of methoxy groups -OCH3 is 1. The van der Waals surface area contributed by atoms with Gasteiger partial charge in [-0.2, -0.15) is 5.10 Å². The number of halogens is 1. The van der Waals surface area contributed by atoms with Gasteiger partial charge in [-0.15, -0.1) is 0 Å². The SMILES string of the molecule is COc1cccc(C(=O)N(CCn2nc(C)cc2C)c2nc3c(C)c(Cl)ccc3s2)c1. The quantitative estimate of drug-likeness (QED) is 0.390. The zero-order chi connectivity index (χ0) is 22.1. The summed E-state index contributed by atoms with van der Waals surface area (Å²) in [7, 11) is 1.59. The molecule has 2 aromatic carbocycles. The van der Waals surface area contributed by atoms with Crippen molar-refractivity contribution in [3.05, 3.63) is 70.0 Å². The summed E-state index contributed by atoms with van der Waals surface area (Å²) in [6, 6.07) is 13.0. The Bertz CT molecular complexity index is 1260. The first-order valence-corrected chi connectivity index (χ1v) is 11.1. The monoisotopic (exact) mass is 454 g/mol. The van der Waals surface area contributed by atoms with Gasteiger partial charge >= 0.3 is 0 Å². The normalized spacial score (nSPS) is 11.1. The highest BCUT2D eigenvalue weighted by Gasteiger charge is 2.23. The summed E-state index contributed by atoms with van der Waals surface area (Å²) < 4.78 is 8.21. The third-order valence-electron chi connectivity index (χ3n) is 5.17. The molecule has 0 aliphatic heterocycles. The lowest BCUT2D eigenvalue weighted by Crippen LogP contribution is -2.34. The highest BCUT2D eigenvalue weighted by atomic mass is 35.5. The molecule has 0 aliphatic carbocycles. The van der Waals surface area contributed by atoms with Gasteiger partial charge in [0.2, 0.25) is 0 Å². The zero-order valence-corrected chi connectivity index (χ0v) is 19.4. The van der Waals surface area contributed by atoms with Crippen LogP contribution in [0.5, 0.6) is 5.75 Å². The molecule has 6 nitrogen and oxygen atoms in total. The number of nitrogens with zero attached hydrogens (tertiary/aromatic N) is 4. The molecule has 0 bridgehead atoms. The Morgan fingerprint density at radius 2 is 2.00 bits per heavy atom. The molecule has 1 amide bonds. The minimum absolute atomic E-state index is 0.136. The van der Waals surface area contributed by atoms with Crippen molar-refractivity contribution in [2.45, 2.75) is 27.3 Å². The minimum Gasteiger partial charge on any atom is -0.497 e. The number of hydrogen-bond donors (Lipinski definition) is 0. The van der Waals surface area contributed by atoms with E-state index in [1.807, 2.05) is 55.8 Å². The maximum Gasteiger partial charge on any atom is 0.260 e. The van der Waals surface area contributed by atoms with E-state index >= 15 is 0 Å². The summed E-state index contributed by atoms with van der Waals surface area (Å²) in [5.74, 6) is 0.500. The van der Waals surface area contributed by atoms with E-state index in [-0.39, 0.29) is 5.91 Å². The van der Waals surface area contributed by atoms with Crippen molar-refractivity contribution in [3.8, 4) is 5.75 Å². The zero-order valence-electron chi connectivity index (χ0n) is 17.8. The molecule has 0 saturated heterocycles. The lowest BCUT2D eigenvalue weighted by Gasteiger charge is -2.20. The van der Waals surface area contributed by atoms with Gasteiger partial charge in [0.1, 0.15) is 5.75 Å². The maximum absolute atomic E-state index is 13.5. The number of thiazole rings is 1. The summed E-state index contributed by atoms with van der Waals surface area (Å²) in [6.45, 7) is 6.91. The Hall–Kier alpha value is -2.90. The van der Waals surface area contributed by atoms with Gasteiger partial charge in [-0.25, -0.2) is 4.98 Å².